The first-order valence-corrected chi connectivity index (χ1v) is 7.56. The second-order valence-corrected chi connectivity index (χ2v) is 6.74. The van der Waals surface area contributed by atoms with Crippen LogP contribution >= 0.6 is 0 Å². The molecule has 21 heavy (non-hydrogen) atoms. The summed E-state index contributed by atoms with van der Waals surface area (Å²) >= 11 is 0. The number of benzene rings is 1. The molecule has 0 bridgehead atoms. The van der Waals surface area contributed by atoms with Gasteiger partial charge in [0.05, 0.1) is 6.04 Å². The van der Waals surface area contributed by atoms with Crippen molar-refractivity contribution in [1.82, 2.24) is 5.32 Å². The number of carbonyl (C=O) groups excluding carboxylic acids is 1. The van der Waals surface area contributed by atoms with Crippen molar-refractivity contribution >= 4 is 6.09 Å². The van der Waals surface area contributed by atoms with Crippen molar-refractivity contribution in [2.24, 2.45) is 5.92 Å². The van der Waals surface area contributed by atoms with E-state index in [4.69, 9.17) is 4.74 Å². The van der Waals surface area contributed by atoms with Crippen LogP contribution in [0.2, 0.25) is 0 Å². The lowest BCUT2D eigenvalue weighted by atomic mass is 9.90. The van der Waals surface area contributed by atoms with Gasteiger partial charge in [0, 0.05) is 0 Å². The summed E-state index contributed by atoms with van der Waals surface area (Å²) in [4.78, 5) is 12.1. The van der Waals surface area contributed by atoms with Gasteiger partial charge < -0.3 is 10.1 Å². The lowest BCUT2D eigenvalue weighted by Crippen LogP contribution is -2.37. The maximum absolute atomic E-state index is 12.1. The normalized spacial score (nSPS) is 16.8. The number of ether oxygens (including phenoxy) is 1. The molecule has 114 valence electrons. The van der Waals surface area contributed by atoms with E-state index in [1.165, 1.54) is 5.56 Å². The molecular formula is C18H25NO2. The fourth-order valence-electron chi connectivity index (χ4n) is 2.68. The van der Waals surface area contributed by atoms with E-state index in [-0.39, 0.29) is 12.1 Å². The SMILES string of the molecule is Cc1cccc(C(NC(=O)OC(C)(C)C)C2CC=CC2)c1. The summed E-state index contributed by atoms with van der Waals surface area (Å²) in [6, 6.07) is 8.32. The van der Waals surface area contributed by atoms with E-state index in [2.05, 4.69) is 42.6 Å². The van der Waals surface area contributed by atoms with Gasteiger partial charge >= 0.3 is 6.09 Å². The van der Waals surface area contributed by atoms with E-state index in [0.717, 1.165) is 18.4 Å². The highest BCUT2D eigenvalue weighted by Gasteiger charge is 2.27. The van der Waals surface area contributed by atoms with Crippen LogP contribution in [-0.2, 0) is 4.74 Å². The molecule has 1 unspecified atom stereocenters. The lowest BCUT2D eigenvalue weighted by Gasteiger charge is -2.27. The number of aryl methyl sites for hydroxylation is 1. The Morgan fingerprint density at radius 3 is 2.52 bits per heavy atom. The summed E-state index contributed by atoms with van der Waals surface area (Å²) in [5.74, 6) is 0.402. The second-order valence-electron chi connectivity index (χ2n) is 6.74. The Hall–Kier alpha value is -1.77. The number of allylic oxidation sites excluding steroid dienone is 2. The standard InChI is InChI=1S/C18H25NO2/c1-13-8-7-11-15(12-13)16(14-9-5-6-10-14)19-17(20)21-18(2,3)4/h5-8,11-12,14,16H,9-10H2,1-4H3,(H,19,20). The smallest absolute Gasteiger partial charge is 0.408 e. The molecular weight excluding hydrogens is 262 g/mol. The molecule has 0 aromatic heterocycles. The van der Waals surface area contributed by atoms with Crippen LogP contribution in [0, 0.1) is 12.8 Å². The first-order valence-electron chi connectivity index (χ1n) is 7.56. The summed E-state index contributed by atoms with van der Waals surface area (Å²) < 4.78 is 5.41. The van der Waals surface area contributed by atoms with Crippen LogP contribution < -0.4 is 5.32 Å². The van der Waals surface area contributed by atoms with Gasteiger partial charge in [0.15, 0.2) is 0 Å². The van der Waals surface area contributed by atoms with Crippen LogP contribution in [0.1, 0.15) is 50.8 Å². The summed E-state index contributed by atoms with van der Waals surface area (Å²) in [5.41, 5.74) is 1.87. The highest BCUT2D eigenvalue weighted by Crippen LogP contribution is 2.32. The van der Waals surface area contributed by atoms with Crippen molar-refractivity contribution in [3.63, 3.8) is 0 Å². The number of hydrogen-bond donors (Lipinski definition) is 1. The van der Waals surface area contributed by atoms with Crippen LogP contribution in [0.3, 0.4) is 0 Å². The highest BCUT2D eigenvalue weighted by molar-refractivity contribution is 5.68. The Kier molecular flexibility index (Phi) is 4.71. The molecule has 1 aromatic carbocycles. The van der Waals surface area contributed by atoms with Crippen molar-refractivity contribution in [3.05, 3.63) is 47.5 Å². The first-order chi connectivity index (χ1) is 9.85. The van der Waals surface area contributed by atoms with Gasteiger partial charge in [0.25, 0.3) is 0 Å². The van der Waals surface area contributed by atoms with E-state index < -0.39 is 5.60 Å². The molecule has 1 atom stereocenters. The molecule has 1 N–H and O–H groups in total. The van der Waals surface area contributed by atoms with Crippen LogP contribution in [0.5, 0.6) is 0 Å². The molecule has 0 spiro atoms. The largest absolute Gasteiger partial charge is 0.444 e. The van der Waals surface area contributed by atoms with Crippen LogP contribution in [-0.4, -0.2) is 11.7 Å². The number of nitrogens with one attached hydrogen (secondary N) is 1. The van der Waals surface area contributed by atoms with Crippen molar-refractivity contribution < 1.29 is 9.53 Å². The summed E-state index contributed by atoms with van der Waals surface area (Å²) in [6.45, 7) is 7.71. The molecule has 0 radical (unpaired) electrons. The van der Waals surface area contributed by atoms with Gasteiger partial charge in [-0.2, -0.15) is 0 Å². The Morgan fingerprint density at radius 2 is 1.95 bits per heavy atom. The lowest BCUT2D eigenvalue weighted by molar-refractivity contribution is 0.0486. The molecule has 3 heteroatoms. The first kappa shape index (κ1) is 15.6. The fraction of sp³-hybridized carbons (Fsp3) is 0.500. The fourth-order valence-corrected chi connectivity index (χ4v) is 2.68. The van der Waals surface area contributed by atoms with Crippen molar-refractivity contribution in [3.8, 4) is 0 Å². The molecule has 1 aliphatic carbocycles. The van der Waals surface area contributed by atoms with Gasteiger partial charge in [-0.3, -0.25) is 0 Å². The maximum Gasteiger partial charge on any atom is 0.408 e. The number of carbonyl (C=O) groups is 1. The third-order valence-electron chi connectivity index (χ3n) is 3.59. The van der Waals surface area contributed by atoms with E-state index >= 15 is 0 Å². The summed E-state index contributed by atoms with van der Waals surface area (Å²) in [7, 11) is 0. The molecule has 1 amide bonds. The van der Waals surface area contributed by atoms with E-state index in [0.29, 0.717) is 5.92 Å². The Bertz CT molecular complexity index is 520. The van der Waals surface area contributed by atoms with E-state index in [1.807, 2.05) is 26.8 Å². The molecule has 0 fully saturated rings. The van der Waals surface area contributed by atoms with Crippen LogP contribution in [0.15, 0.2) is 36.4 Å². The number of alkyl carbamates (subject to hydrolysis) is 1. The van der Waals surface area contributed by atoms with Crippen molar-refractivity contribution in [2.45, 2.75) is 52.2 Å². The zero-order valence-electron chi connectivity index (χ0n) is 13.3. The highest BCUT2D eigenvalue weighted by atomic mass is 16.6. The minimum absolute atomic E-state index is 0.00486. The van der Waals surface area contributed by atoms with Gasteiger partial charge in [-0.15, -0.1) is 0 Å². The second kappa shape index (κ2) is 6.33. The number of rotatable bonds is 3. The molecule has 0 saturated heterocycles. The zero-order valence-corrected chi connectivity index (χ0v) is 13.3. The molecule has 1 aliphatic rings. The number of amides is 1. The topological polar surface area (TPSA) is 38.3 Å². The molecule has 1 aromatic rings. The van der Waals surface area contributed by atoms with Gasteiger partial charge in [-0.25, -0.2) is 4.79 Å². The molecule has 3 nitrogen and oxygen atoms in total. The molecule has 0 heterocycles. The predicted molar refractivity (Wildman–Crippen MR) is 85.2 cm³/mol. The molecule has 0 aliphatic heterocycles. The maximum atomic E-state index is 12.1. The monoisotopic (exact) mass is 287 g/mol. The van der Waals surface area contributed by atoms with E-state index in [9.17, 15) is 4.79 Å². The quantitative estimate of drug-likeness (QED) is 0.830. The van der Waals surface area contributed by atoms with Gasteiger partial charge in [-0.05, 0) is 52.0 Å². The Balaban J connectivity index is 2.15. The average Bonchev–Trinajstić information content (AvgIpc) is 2.87. The minimum atomic E-state index is -0.477. The van der Waals surface area contributed by atoms with Gasteiger partial charge in [-0.1, -0.05) is 42.0 Å². The van der Waals surface area contributed by atoms with E-state index in [1.54, 1.807) is 0 Å². The minimum Gasteiger partial charge on any atom is -0.444 e. The van der Waals surface area contributed by atoms with Crippen molar-refractivity contribution in [2.75, 3.05) is 0 Å². The third kappa shape index (κ3) is 4.62. The van der Waals surface area contributed by atoms with Gasteiger partial charge in [0.1, 0.15) is 5.60 Å². The molecule has 2 rings (SSSR count). The average molecular weight is 287 g/mol. The Labute approximate surface area is 127 Å². The third-order valence-corrected chi connectivity index (χ3v) is 3.59. The van der Waals surface area contributed by atoms with Gasteiger partial charge in [0.2, 0.25) is 0 Å². The number of hydrogen-bond acceptors (Lipinski definition) is 2. The predicted octanol–water partition coefficient (Wildman–Crippen LogP) is 4.53. The summed E-state index contributed by atoms with van der Waals surface area (Å²) in [6.07, 6.45) is 6.01. The summed E-state index contributed by atoms with van der Waals surface area (Å²) in [5, 5.41) is 3.06. The molecule has 0 saturated carbocycles. The zero-order chi connectivity index (χ0) is 15.5. The Morgan fingerprint density at radius 1 is 1.29 bits per heavy atom. The van der Waals surface area contributed by atoms with Crippen LogP contribution in [0.4, 0.5) is 4.79 Å². The van der Waals surface area contributed by atoms with Crippen molar-refractivity contribution in [1.29, 1.82) is 0 Å². The van der Waals surface area contributed by atoms with Crippen LogP contribution in [0.25, 0.3) is 0 Å².